The number of hydrogen-bond donors (Lipinski definition) is 1. The highest BCUT2D eigenvalue weighted by Gasteiger charge is 2.45. The highest BCUT2D eigenvalue weighted by atomic mass is 16.2. The maximum atomic E-state index is 13.7. The van der Waals surface area contributed by atoms with Crippen molar-refractivity contribution < 1.29 is 9.59 Å². The lowest BCUT2D eigenvalue weighted by Crippen LogP contribution is -2.65. The molecule has 1 fully saturated rings. The van der Waals surface area contributed by atoms with E-state index in [1.165, 1.54) is 11.1 Å². The number of carbonyl (C=O) groups excluding carboxylic acids is 2. The van der Waals surface area contributed by atoms with Crippen LogP contribution in [0.5, 0.6) is 0 Å². The minimum Gasteiger partial charge on any atom is -0.342 e. The van der Waals surface area contributed by atoms with Crippen LogP contribution in [0.15, 0.2) is 60.9 Å². The molecule has 7 nitrogen and oxygen atoms in total. The number of carbonyl (C=O) groups is 2. The lowest BCUT2D eigenvalue weighted by atomic mass is 9.90. The van der Waals surface area contributed by atoms with Gasteiger partial charge in [-0.2, -0.15) is 0 Å². The van der Waals surface area contributed by atoms with Crippen LogP contribution in [0.25, 0.3) is 5.69 Å². The summed E-state index contributed by atoms with van der Waals surface area (Å²) in [5.74, 6) is 0.385. The normalized spacial score (nSPS) is 20.9. The van der Waals surface area contributed by atoms with Gasteiger partial charge >= 0.3 is 0 Å². The van der Waals surface area contributed by atoms with E-state index in [2.05, 4.69) is 41.6 Å². The summed E-state index contributed by atoms with van der Waals surface area (Å²) in [5.41, 5.74) is 4.46. The van der Waals surface area contributed by atoms with Crippen LogP contribution in [-0.4, -0.2) is 43.8 Å². The predicted octanol–water partition coefficient (Wildman–Crippen LogP) is 2.92. The summed E-state index contributed by atoms with van der Waals surface area (Å²) >= 11 is 0. The van der Waals surface area contributed by atoms with Crippen molar-refractivity contribution >= 4 is 11.8 Å². The molecule has 0 saturated carbocycles. The molecule has 1 aliphatic carbocycles. The third kappa shape index (κ3) is 4.27. The Bertz CT molecular complexity index is 1110. The van der Waals surface area contributed by atoms with Gasteiger partial charge in [0.25, 0.3) is 0 Å². The summed E-state index contributed by atoms with van der Waals surface area (Å²) in [6, 6.07) is 15.3. The molecule has 2 aliphatic rings. The van der Waals surface area contributed by atoms with Crippen molar-refractivity contribution in [2.75, 3.05) is 0 Å². The fraction of sp³-hybridized carbons (Fsp3) is 0.385. The molecule has 0 bridgehead atoms. The van der Waals surface area contributed by atoms with Gasteiger partial charge in [-0.3, -0.25) is 9.59 Å². The van der Waals surface area contributed by atoms with Crippen molar-refractivity contribution in [3.63, 3.8) is 0 Å². The summed E-state index contributed by atoms with van der Waals surface area (Å²) < 4.78 is 1.69. The van der Waals surface area contributed by atoms with Gasteiger partial charge in [0.2, 0.25) is 11.8 Å². The Hall–Kier alpha value is -3.48. The van der Waals surface area contributed by atoms with Crippen molar-refractivity contribution in [3.8, 4) is 5.69 Å². The van der Waals surface area contributed by atoms with Crippen molar-refractivity contribution in [2.24, 2.45) is 11.8 Å². The van der Waals surface area contributed by atoms with Crippen LogP contribution in [0.4, 0.5) is 0 Å². The SMILES string of the molecule is CC(C)C[C@@H]1C(=O)N[C@H](C2Cc3ccccc3C2)C(=O)N1Cc1ccc(-n2ccnn2)cc1. The van der Waals surface area contributed by atoms with Crippen molar-refractivity contribution in [1.29, 1.82) is 0 Å². The molecule has 1 aromatic heterocycles. The summed E-state index contributed by atoms with van der Waals surface area (Å²) in [4.78, 5) is 28.8. The average molecular weight is 444 g/mol. The molecule has 0 spiro atoms. The third-order valence-corrected chi connectivity index (χ3v) is 6.75. The van der Waals surface area contributed by atoms with E-state index in [-0.39, 0.29) is 17.7 Å². The van der Waals surface area contributed by atoms with Crippen molar-refractivity contribution in [3.05, 3.63) is 77.6 Å². The molecule has 3 aromatic rings. The number of piperazine rings is 1. The van der Waals surface area contributed by atoms with E-state index in [0.717, 1.165) is 24.1 Å². The van der Waals surface area contributed by atoms with Gasteiger partial charge in [0.05, 0.1) is 18.1 Å². The number of nitrogens with zero attached hydrogens (tertiary/aromatic N) is 4. The molecule has 2 atom stereocenters. The minimum atomic E-state index is -0.484. The zero-order valence-electron chi connectivity index (χ0n) is 19.0. The Balaban J connectivity index is 1.38. The van der Waals surface area contributed by atoms with Crippen LogP contribution in [0, 0.1) is 11.8 Å². The standard InChI is InChI=1S/C26H29N5O2/c1-17(2)13-23-25(32)28-24(21-14-19-5-3-4-6-20(19)15-21)26(33)30(23)16-18-7-9-22(10-8-18)31-12-11-27-29-31/h3-12,17,21,23-24H,13-16H2,1-2H3,(H,28,32)/t23-,24-/m1/s1. The predicted molar refractivity (Wildman–Crippen MR) is 124 cm³/mol. The van der Waals surface area contributed by atoms with Gasteiger partial charge in [0.1, 0.15) is 12.1 Å². The molecular weight excluding hydrogens is 414 g/mol. The van der Waals surface area contributed by atoms with E-state index in [0.29, 0.717) is 18.9 Å². The van der Waals surface area contributed by atoms with Crippen LogP contribution in [0.3, 0.4) is 0 Å². The molecule has 0 unspecified atom stereocenters. The molecule has 2 aromatic carbocycles. The zero-order chi connectivity index (χ0) is 22.9. The first kappa shape index (κ1) is 21.4. The van der Waals surface area contributed by atoms with Gasteiger partial charge in [0, 0.05) is 6.54 Å². The first-order chi connectivity index (χ1) is 16.0. The smallest absolute Gasteiger partial charge is 0.246 e. The molecule has 170 valence electrons. The molecule has 33 heavy (non-hydrogen) atoms. The fourth-order valence-corrected chi connectivity index (χ4v) is 5.10. The monoisotopic (exact) mass is 443 g/mol. The highest BCUT2D eigenvalue weighted by Crippen LogP contribution is 2.32. The molecule has 5 rings (SSSR count). The van der Waals surface area contributed by atoms with Gasteiger partial charge < -0.3 is 10.2 Å². The molecule has 1 N–H and O–H groups in total. The number of hydrogen-bond acceptors (Lipinski definition) is 4. The van der Waals surface area contributed by atoms with Gasteiger partial charge in [-0.25, -0.2) is 4.68 Å². The maximum absolute atomic E-state index is 13.7. The van der Waals surface area contributed by atoms with Gasteiger partial charge in [-0.15, -0.1) is 5.10 Å². The van der Waals surface area contributed by atoms with Gasteiger partial charge in [0.15, 0.2) is 0 Å². The number of benzene rings is 2. The molecular formula is C26H29N5O2. The Morgan fingerprint density at radius 1 is 1.03 bits per heavy atom. The van der Waals surface area contributed by atoms with Crippen LogP contribution in [0.1, 0.15) is 37.0 Å². The van der Waals surface area contributed by atoms with Crippen molar-refractivity contribution in [2.45, 2.75) is 51.7 Å². The summed E-state index contributed by atoms with van der Waals surface area (Å²) in [7, 11) is 0. The molecule has 0 radical (unpaired) electrons. The van der Waals surface area contributed by atoms with E-state index < -0.39 is 12.1 Å². The van der Waals surface area contributed by atoms with Crippen molar-refractivity contribution in [1.82, 2.24) is 25.2 Å². The molecule has 2 heterocycles. The number of aromatic nitrogens is 3. The van der Waals surface area contributed by atoms with E-state index in [9.17, 15) is 9.59 Å². The number of rotatable bonds is 6. The molecule has 7 heteroatoms. The lowest BCUT2D eigenvalue weighted by molar-refractivity contribution is -0.152. The summed E-state index contributed by atoms with van der Waals surface area (Å²) in [5, 5.41) is 11.0. The summed E-state index contributed by atoms with van der Waals surface area (Å²) in [6.45, 7) is 4.59. The first-order valence-electron chi connectivity index (χ1n) is 11.6. The van der Waals surface area contributed by atoms with E-state index >= 15 is 0 Å². The fourth-order valence-electron chi connectivity index (χ4n) is 5.10. The van der Waals surface area contributed by atoms with E-state index in [1.807, 2.05) is 36.4 Å². The second kappa shape index (κ2) is 8.81. The van der Waals surface area contributed by atoms with Gasteiger partial charge in [-0.1, -0.05) is 55.5 Å². The topological polar surface area (TPSA) is 80.1 Å². The second-order valence-corrected chi connectivity index (χ2v) is 9.55. The second-order valence-electron chi connectivity index (χ2n) is 9.55. The third-order valence-electron chi connectivity index (χ3n) is 6.75. The first-order valence-corrected chi connectivity index (χ1v) is 11.6. The summed E-state index contributed by atoms with van der Waals surface area (Å²) in [6.07, 6.45) is 5.71. The number of nitrogens with one attached hydrogen (secondary N) is 1. The molecule has 1 saturated heterocycles. The Kier molecular flexibility index (Phi) is 5.70. The average Bonchev–Trinajstić information content (AvgIpc) is 3.48. The zero-order valence-corrected chi connectivity index (χ0v) is 19.0. The largest absolute Gasteiger partial charge is 0.342 e. The Morgan fingerprint density at radius 2 is 1.73 bits per heavy atom. The molecule has 2 amide bonds. The van der Waals surface area contributed by atoms with Crippen LogP contribution in [0.2, 0.25) is 0 Å². The number of fused-ring (bicyclic) bond motifs is 1. The maximum Gasteiger partial charge on any atom is 0.246 e. The minimum absolute atomic E-state index is 0.0263. The highest BCUT2D eigenvalue weighted by molar-refractivity contribution is 5.97. The Morgan fingerprint density at radius 3 is 2.33 bits per heavy atom. The van der Waals surface area contributed by atoms with Crippen LogP contribution >= 0.6 is 0 Å². The van der Waals surface area contributed by atoms with Crippen LogP contribution < -0.4 is 5.32 Å². The van der Waals surface area contributed by atoms with Gasteiger partial charge in [-0.05, 0) is 59.9 Å². The van der Waals surface area contributed by atoms with Crippen LogP contribution in [-0.2, 0) is 29.0 Å². The quantitative estimate of drug-likeness (QED) is 0.635. The lowest BCUT2D eigenvalue weighted by Gasteiger charge is -2.41. The molecule has 1 aliphatic heterocycles. The van der Waals surface area contributed by atoms with E-state index in [4.69, 9.17) is 0 Å². The van der Waals surface area contributed by atoms with E-state index in [1.54, 1.807) is 22.0 Å². The Labute approximate surface area is 193 Å². The number of amides is 2.